The van der Waals surface area contributed by atoms with Crippen LogP contribution in [0.5, 0.6) is 0 Å². The predicted molar refractivity (Wildman–Crippen MR) is 117 cm³/mol. The molecule has 2 aromatic heterocycles. The Bertz CT molecular complexity index is 1010. The fourth-order valence-electron chi connectivity index (χ4n) is 3.19. The molecule has 0 atom stereocenters. The third-order valence-electron chi connectivity index (χ3n) is 5.75. The maximum atomic E-state index is 13.0. The zero-order valence-electron chi connectivity index (χ0n) is 17.8. The van der Waals surface area contributed by atoms with Gasteiger partial charge in [0.15, 0.2) is 0 Å². The van der Waals surface area contributed by atoms with Gasteiger partial charge in [0.2, 0.25) is 22.1 Å². The summed E-state index contributed by atoms with van der Waals surface area (Å²) in [4.78, 5) is 23.9. The van der Waals surface area contributed by atoms with Gasteiger partial charge >= 0.3 is 12.4 Å². The molecule has 2 aromatic rings. The first-order valence-corrected chi connectivity index (χ1v) is 13.1. The van der Waals surface area contributed by atoms with Gasteiger partial charge in [0.1, 0.15) is 20.8 Å². The molecule has 0 saturated heterocycles. The van der Waals surface area contributed by atoms with Gasteiger partial charge < -0.3 is 0 Å². The van der Waals surface area contributed by atoms with Crippen molar-refractivity contribution in [2.24, 2.45) is 10.8 Å². The van der Waals surface area contributed by atoms with Crippen LogP contribution in [-0.2, 0) is 22.4 Å². The minimum atomic E-state index is -4.59. The highest BCUT2D eigenvalue weighted by atomic mass is 32.2. The van der Waals surface area contributed by atoms with E-state index >= 15 is 0 Å². The average Bonchev–Trinajstić information content (AvgIpc) is 3.66. The Morgan fingerprint density at radius 1 is 0.743 bits per heavy atom. The van der Waals surface area contributed by atoms with Crippen molar-refractivity contribution in [2.75, 3.05) is 22.1 Å². The monoisotopic (exact) mass is 560 g/mol. The Balaban J connectivity index is 1.16. The van der Waals surface area contributed by atoms with Gasteiger partial charge in [-0.25, -0.2) is 0 Å². The molecule has 2 amide bonds. The number of amides is 2. The molecule has 2 aliphatic rings. The van der Waals surface area contributed by atoms with Crippen molar-refractivity contribution in [3.05, 3.63) is 10.0 Å². The van der Waals surface area contributed by atoms with Gasteiger partial charge in [-0.2, -0.15) is 38.1 Å². The van der Waals surface area contributed by atoms with Gasteiger partial charge in [-0.15, -0.1) is 20.4 Å². The number of halogens is 6. The van der Waals surface area contributed by atoms with Crippen LogP contribution in [0.4, 0.5) is 36.6 Å². The zero-order chi connectivity index (χ0) is 25.5. The number of hydrogen-bond donors (Lipinski definition) is 2. The van der Waals surface area contributed by atoms with Crippen LogP contribution in [0.15, 0.2) is 0 Å². The quantitative estimate of drug-likeness (QED) is 0.326. The highest BCUT2D eigenvalue weighted by Crippen LogP contribution is 2.59. The summed E-state index contributed by atoms with van der Waals surface area (Å²) in [5.41, 5.74) is -4.64. The molecule has 2 aliphatic carbocycles. The molecule has 0 aliphatic heterocycles. The molecule has 0 bridgehead atoms. The molecule has 4 rings (SSSR count). The van der Waals surface area contributed by atoms with E-state index in [1.54, 1.807) is 0 Å². The number of alkyl halides is 6. The molecule has 2 heterocycles. The van der Waals surface area contributed by atoms with Crippen LogP contribution >= 0.6 is 34.4 Å². The molecule has 2 N–H and O–H groups in total. The van der Waals surface area contributed by atoms with E-state index in [4.69, 9.17) is 0 Å². The van der Waals surface area contributed by atoms with Crippen LogP contribution in [0, 0.1) is 10.8 Å². The first-order chi connectivity index (χ1) is 16.4. The molecule has 2 fully saturated rings. The molecule has 35 heavy (non-hydrogen) atoms. The fraction of sp³-hybridized carbons (Fsp3) is 0.667. The first kappa shape index (κ1) is 26.1. The number of carbonyl (C=O) groups is 2. The first-order valence-electron chi connectivity index (χ1n) is 10.4. The van der Waals surface area contributed by atoms with Gasteiger partial charge in [-0.3, -0.25) is 20.2 Å². The maximum absolute atomic E-state index is 13.0. The lowest BCUT2D eigenvalue weighted by molar-refractivity contribution is -0.190. The second kappa shape index (κ2) is 9.46. The van der Waals surface area contributed by atoms with E-state index in [1.165, 1.54) is 11.8 Å². The normalized spacial score (nSPS) is 18.2. The van der Waals surface area contributed by atoms with Gasteiger partial charge in [-0.1, -0.05) is 22.7 Å². The highest BCUT2D eigenvalue weighted by Gasteiger charge is 2.69. The topological polar surface area (TPSA) is 110 Å². The van der Waals surface area contributed by atoms with Gasteiger partial charge in [-0.05, 0) is 37.2 Å². The maximum Gasteiger partial charge on any atom is 0.403 e. The van der Waals surface area contributed by atoms with Crippen molar-refractivity contribution >= 4 is 56.5 Å². The van der Waals surface area contributed by atoms with Crippen LogP contribution in [0.25, 0.3) is 0 Å². The number of nitrogens with one attached hydrogen (secondary N) is 2. The van der Waals surface area contributed by atoms with Crippen LogP contribution < -0.4 is 10.6 Å². The minimum Gasteiger partial charge on any atom is -0.300 e. The van der Waals surface area contributed by atoms with Crippen molar-refractivity contribution in [3.63, 3.8) is 0 Å². The third kappa shape index (κ3) is 5.55. The van der Waals surface area contributed by atoms with Crippen molar-refractivity contribution < 1.29 is 35.9 Å². The van der Waals surface area contributed by atoms with E-state index in [2.05, 4.69) is 31.0 Å². The largest absolute Gasteiger partial charge is 0.403 e. The zero-order valence-corrected chi connectivity index (χ0v) is 20.2. The van der Waals surface area contributed by atoms with Crippen LogP contribution in [-0.4, -0.2) is 56.1 Å². The lowest BCUT2D eigenvalue weighted by atomic mass is 10.1. The van der Waals surface area contributed by atoms with Gasteiger partial charge in [0.05, 0.1) is 0 Å². The second-order valence-corrected chi connectivity index (χ2v) is 11.5. The Morgan fingerprint density at radius 2 is 1.11 bits per heavy atom. The molecule has 2 saturated carbocycles. The van der Waals surface area contributed by atoms with E-state index in [1.807, 2.05) is 0 Å². The van der Waals surface area contributed by atoms with Gasteiger partial charge in [0, 0.05) is 12.8 Å². The molecule has 0 unspecified atom stereocenters. The molecule has 0 radical (unpaired) electrons. The Hall–Kier alpha value is -2.01. The summed E-state index contributed by atoms with van der Waals surface area (Å²) in [6, 6.07) is 0. The molecule has 17 heteroatoms. The summed E-state index contributed by atoms with van der Waals surface area (Å²) in [5.74, 6) is -0.988. The van der Waals surface area contributed by atoms with Crippen molar-refractivity contribution in [3.8, 4) is 0 Å². The number of hydrogen-bond acceptors (Lipinski definition) is 9. The SMILES string of the molecule is O=C(Nc1nnc(CCSCCc2nnc(NC(=O)C3(C(F)(F)F)CC3)s2)s1)C1(C(F)(F)F)CC1. The number of nitrogens with zero attached hydrogens (tertiary/aromatic N) is 4. The van der Waals surface area contributed by atoms with Crippen molar-refractivity contribution in [1.82, 2.24) is 20.4 Å². The van der Waals surface area contributed by atoms with E-state index in [0.29, 0.717) is 34.4 Å². The Morgan fingerprint density at radius 3 is 1.43 bits per heavy atom. The van der Waals surface area contributed by atoms with Crippen molar-refractivity contribution in [2.45, 2.75) is 50.9 Å². The smallest absolute Gasteiger partial charge is 0.300 e. The number of anilines is 2. The summed E-state index contributed by atoms with van der Waals surface area (Å²) in [7, 11) is 0. The summed E-state index contributed by atoms with van der Waals surface area (Å²) in [5, 5.41) is 20.8. The number of aryl methyl sites for hydroxylation is 2. The number of thioether (sulfide) groups is 1. The number of aromatic nitrogens is 4. The average molecular weight is 561 g/mol. The highest BCUT2D eigenvalue weighted by molar-refractivity contribution is 7.99. The summed E-state index contributed by atoms with van der Waals surface area (Å²) < 4.78 is 78.0. The number of rotatable bonds is 10. The summed E-state index contributed by atoms with van der Waals surface area (Å²) >= 11 is 3.55. The predicted octanol–water partition coefficient (Wildman–Crippen LogP) is 4.47. The Labute approximate surface area is 206 Å². The standard InChI is InChI=1S/C18H18F6N6O2S3/c19-17(20,21)15(3-4-15)11(31)25-13-29-27-9(34-13)1-7-33-8-2-10-28-30-14(35-10)26-12(32)16(5-6-16)18(22,23)24/h1-8H2,(H,25,29,31)(H,26,30,32). The summed E-state index contributed by atoms with van der Waals surface area (Å²) in [6.45, 7) is 0. The minimum absolute atomic E-state index is 0.0208. The third-order valence-corrected chi connectivity index (χ3v) is 8.53. The number of carbonyl (C=O) groups excluding carboxylic acids is 2. The van der Waals surface area contributed by atoms with Crippen molar-refractivity contribution in [1.29, 1.82) is 0 Å². The Kier molecular flexibility index (Phi) is 7.04. The second-order valence-electron chi connectivity index (χ2n) is 8.18. The van der Waals surface area contributed by atoms with Crippen LogP contribution in [0.2, 0.25) is 0 Å². The molecular weight excluding hydrogens is 542 g/mol. The molecular formula is C18H18F6N6O2S3. The summed E-state index contributed by atoms with van der Waals surface area (Å²) in [6.07, 6.45) is -9.16. The van der Waals surface area contributed by atoms with E-state index in [9.17, 15) is 35.9 Å². The lowest BCUT2D eigenvalue weighted by Gasteiger charge is -2.17. The van der Waals surface area contributed by atoms with E-state index in [0.717, 1.165) is 22.7 Å². The van der Waals surface area contributed by atoms with E-state index in [-0.39, 0.29) is 35.9 Å². The van der Waals surface area contributed by atoms with Crippen LogP contribution in [0.1, 0.15) is 35.7 Å². The van der Waals surface area contributed by atoms with E-state index < -0.39 is 35.0 Å². The molecule has 0 aromatic carbocycles. The molecule has 192 valence electrons. The molecule has 0 spiro atoms. The van der Waals surface area contributed by atoms with Gasteiger partial charge in [0.25, 0.3) is 0 Å². The fourth-order valence-corrected chi connectivity index (χ4v) is 5.80. The van der Waals surface area contributed by atoms with Crippen LogP contribution in [0.3, 0.4) is 0 Å². The molecule has 8 nitrogen and oxygen atoms in total. The lowest BCUT2D eigenvalue weighted by Crippen LogP contribution is -2.36.